The number of carbonyl (C=O) groups is 1. The lowest BCUT2D eigenvalue weighted by Gasteiger charge is -2.07. The van der Waals surface area contributed by atoms with Crippen LogP contribution >= 0.6 is 11.3 Å². The predicted octanol–water partition coefficient (Wildman–Crippen LogP) is 0.146. The van der Waals surface area contributed by atoms with Crippen LogP contribution in [-0.4, -0.2) is 18.6 Å². The van der Waals surface area contributed by atoms with Gasteiger partial charge in [0.2, 0.25) is 0 Å². The summed E-state index contributed by atoms with van der Waals surface area (Å²) in [6.07, 6.45) is 1.71. The van der Waals surface area contributed by atoms with Gasteiger partial charge in [0, 0.05) is 17.0 Å². The molecule has 1 fully saturated rings. The summed E-state index contributed by atoms with van der Waals surface area (Å²) in [4.78, 5) is 10.8. The molecular weight excluding hydrogens is 246 g/mol. The summed E-state index contributed by atoms with van der Waals surface area (Å²) in [6, 6.07) is 8.05. The SMILES string of the molecule is O=C([O-])[C@@H]1C[C@@H](Cc2csc3ccccc23)C[NH2+]1. The fraction of sp³-hybridized carbons (Fsp3) is 0.357. The third kappa shape index (κ3) is 2.13. The van der Waals surface area contributed by atoms with Crippen LogP contribution in [0.3, 0.4) is 0 Å². The van der Waals surface area contributed by atoms with Gasteiger partial charge in [-0.2, -0.15) is 0 Å². The van der Waals surface area contributed by atoms with Crippen molar-refractivity contribution >= 4 is 27.4 Å². The van der Waals surface area contributed by atoms with Gasteiger partial charge in [0.15, 0.2) is 0 Å². The first-order valence-electron chi connectivity index (χ1n) is 6.23. The van der Waals surface area contributed by atoms with E-state index in [0.717, 1.165) is 19.4 Å². The molecule has 2 aromatic rings. The lowest BCUT2D eigenvalue weighted by molar-refractivity contribution is -0.666. The van der Waals surface area contributed by atoms with Gasteiger partial charge in [-0.3, -0.25) is 0 Å². The van der Waals surface area contributed by atoms with Crippen LogP contribution in [0.5, 0.6) is 0 Å². The quantitative estimate of drug-likeness (QED) is 0.855. The highest BCUT2D eigenvalue weighted by atomic mass is 32.1. The molecule has 1 aliphatic rings. The van der Waals surface area contributed by atoms with Gasteiger partial charge in [0.25, 0.3) is 0 Å². The Morgan fingerprint density at radius 3 is 3.06 bits per heavy atom. The van der Waals surface area contributed by atoms with Crippen molar-refractivity contribution in [3.63, 3.8) is 0 Å². The van der Waals surface area contributed by atoms with E-state index in [2.05, 4.69) is 29.6 Å². The smallest absolute Gasteiger partial charge is 0.127 e. The van der Waals surface area contributed by atoms with E-state index < -0.39 is 5.97 Å². The Morgan fingerprint density at radius 2 is 2.28 bits per heavy atom. The fourth-order valence-corrected chi connectivity index (χ4v) is 3.74. The van der Waals surface area contributed by atoms with Crippen molar-refractivity contribution in [2.45, 2.75) is 18.9 Å². The summed E-state index contributed by atoms with van der Waals surface area (Å²) < 4.78 is 1.31. The van der Waals surface area contributed by atoms with Crippen molar-refractivity contribution in [1.82, 2.24) is 0 Å². The first kappa shape index (κ1) is 11.7. The Hall–Kier alpha value is -1.39. The number of hydrogen-bond donors (Lipinski definition) is 1. The zero-order chi connectivity index (χ0) is 12.5. The van der Waals surface area contributed by atoms with Crippen molar-refractivity contribution in [1.29, 1.82) is 0 Å². The summed E-state index contributed by atoms with van der Waals surface area (Å²) in [5.41, 5.74) is 1.35. The second kappa shape index (κ2) is 4.71. The van der Waals surface area contributed by atoms with Gasteiger partial charge in [-0.05, 0) is 28.8 Å². The van der Waals surface area contributed by atoms with E-state index in [9.17, 15) is 9.90 Å². The molecule has 3 rings (SSSR count). The standard InChI is InChI=1S/C14H15NO2S/c16-14(17)12-6-9(7-15-12)5-10-8-18-13-4-2-1-3-11(10)13/h1-4,8-9,12,15H,5-7H2,(H,16,17)/t9-,12+/m1/s1. The van der Waals surface area contributed by atoms with Gasteiger partial charge in [0.1, 0.15) is 6.04 Å². The largest absolute Gasteiger partial charge is 0.544 e. The third-order valence-electron chi connectivity index (χ3n) is 3.71. The zero-order valence-electron chi connectivity index (χ0n) is 9.96. The average Bonchev–Trinajstić information content (AvgIpc) is 2.98. The molecule has 0 radical (unpaired) electrons. The fourth-order valence-electron chi connectivity index (χ4n) is 2.77. The minimum atomic E-state index is -0.923. The molecule has 0 unspecified atom stereocenters. The number of benzene rings is 1. The van der Waals surface area contributed by atoms with E-state index in [1.54, 1.807) is 11.3 Å². The average molecular weight is 261 g/mol. The molecule has 0 aliphatic carbocycles. The molecule has 94 valence electrons. The number of carboxylic acids is 1. The molecule has 3 nitrogen and oxygen atoms in total. The molecule has 0 saturated carbocycles. The van der Waals surface area contributed by atoms with Crippen molar-refractivity contribution in [3.8, 4) is 0 Å². The predicted molar refractivity (Wildman–Crippen MR) is 69.2 cm³/mol. The number of aliphatic carboxylic acids is 1. The molecule has 2 atom stereocenters. The van der Waals surface area contributed by atoms with Gasteiger partial charge >= 0.3 is 0 Å². The second-order valence-corrected chi connectivity index (χ2v) is 5.87. The lowest BCUT2D eigenvalue weighted by atomic mass is 9.96. The number of hydrogen-bond acceptors (Lipinski definition) is 3. The molecule has 0 amide bonds. The molecule has 1 aromatic carbocycles. The first-order valence-corrected chi connectivity index (χ1v) is 7.11. The Bertz CT molecular complexity index is 578. The zero-order valence-corrected chi connectivity index (χ0v) is 10.8. The van der Waals surface area contributed by atoms with E-state index in [1.807, 2.05) is 5.32 Å². The van der Waals surface area contributed by atoms with Crippen LogP contribution in [0.15, 0.2) is 29.6 Å². The molecule has 0 spiro atoms. The lowest BCUT2D eigenvalue weighted by Crippen LogP contribution is -2.90. The van der Waals surface area contributed by atoms with Crippen LogP contribution in [0, 0.1) is 5.92 Å². The number of thiophene rings is 1. The van der Waals surface area contributed by atoms with Crippen LogP contribution < -0.4 is 10.4 Å². The van der Waals surface area contributed by atoms with Crippen LogP contribution in [0.25, 0.3) is 10.1 Å². The van der Waals surface area contributed by atoms with Gasteiger partial charge in [-0.25, -0.2) is 0 Å². The summed E-state index contributed by atoms with van der Waals surface area (Å²) in [5.74, 6) is -0.474. The van der Waals surface area contributed by atoms with E-state index in [1.165, 1.54) is 15.6 Å². The summed E-state index contributed by atoms with van der Waals surface area (Å²) >= 11 is 1.77. The topological polar surface area (TPSA) is 56.7 Å². The molecular formula is C14H15NO2S. The maximum Gasteiger partial charge on any atom is 0.127 e. The van der Waals surface area contributed by atoms with Crippen molar-refractivity contribution in [3.05, 3.63) is 35.2 Å². The second-order valence-electron chi connectivity index (χ2n) is 4.96. The number of quaternary nitrogens is 1. The Balaban J connectivity index is 1.76. The van der Waals surface area contributed by atoms with E-state index >= 15 is 0 Å². The minimum absolute atomic E-state index is 0.347. The van der Waals surface area contributed by atoms with Crippen LogP contribution in [0.2, 0.25) is 0 Å². The Kier molecular flexibility index (Phi) is 3.06. The van der Waals surface area contributed by atoms with Crippen molar-refractivity contribution < 1.29 is 15.2 Å². The highest BCUT2D eigenvalue weighted by Crippen LogP contribution is 2.28. The highest BCUT2D eigenvalue weighted by Gasteiger charge is 2.29. The van der Waals surface area contributed by atoms with E-state index in [4.69, 9.17) is 0 Å². The molecule has 2 N–H and O–H groups in total. The maximum atomic E-state index is 10.8. The monoisotopic (exact) mass is 261 g/mol. The van der Waals surface area contributed by atoms with Crippen molar-refractivity contribution in [2.24, 2.45) is 5.92 Å². The molecule has 18 heavy (non-hydrogen) atoms. The first-order chi connectivity index (χ1) is 8.74. The normalized spacial score (nSPS) is 23.6. The number of carbonyl (C=O) groups excluding carboxylic acids is 1. The van der Waals surface area contributed by atoms with Crippen LogP contribution in [0.1, 0.15) is 12.0 Å². The summed E-state index contributed by atoms with van der Waals surface area (Å²) in [6.45, 7) is 0.892. The highest BCUT2D eigenvalue weighted by molar-refractivity contribution is 7.17. The molecule has 1 saturated heterocycles. The molecule has 4 heteroatoms. The van der Waals surface area contributed by atoms with Crippen LogP contribution in [-0.2, 0) is 11.2 Å². The number of rotatable bonds is 3. The van der Waals surface area contributed by atoms with Crippen molar-refractivity contribution in [2.75, 3.05) is 6.54 Å². The number of fused-ring (bicyclic) bond motifs is 1. The summed E-state index contributed by atoms with van der Waals surface area (Å²) in [7, 11) is 0. The van der Waals surface area contributed by atoms with Gasteiger partial charge < -0.3 is 15.2 Å². The Morgan fingerprint density at radius 1 is 1.44 bits per heavy atom. The summed E-state index contributed by atoms with van der Waals surface area (Å²) in [5, 5.41) is 16.2. The van der Waals surface area contributed by atoms with E-state index in [0.29, 0.717) is 5.92 Å². The molecule has 0 bridgehead atoms. The van der Waals surface area contributed by atoms with Gasteiger partial charge in [0.05, 0.1) is 12.5 Å². The molecule has 2 heterocycles. The van der Waals surface area contributed by atoms with Gasteiger partial charge in [-0.1, -0.05) is 18.2 Å². The number of nitrogens with two attached hydrogens (primary N) is 1. The van der Waals surface area contributed by atoms with Crippen LogP contribution in [0.4, 0.5) is 0 Å². The third-order valence-corrected chi connectivity index (χ3v) is 4.73. The molecule has 1 aromatic heterocycles. The van der Waals surface area contributed by atoms with Gasteiger partial charge in [-0.15, -0.1) is 11.3 Å². The minimum Gasteiger partial charge on any atom is -0.544 e. The number of carboxylic acid groups (broad SMARTS) is 1. The Labute approximate surface area is 109 Å². The maximum absolute atomic E-state index is 10.8. The molecule has 1 aliphatic heterocycles. The van der Waals surface area contributed by atoms with E-state index in [-0.39, 0.29) is 6.04 Å².